The van der Waals surface area contributed by atoms with Crippen molar-refractivity contribution in [3.63, 3.8) is 0 Å². The predicted octanol–water partition coefficient (Wildman–Crippen LogP) is 3.14. The van der Waals surface area contributed by atoms with Gasteiger partial charge in [-0.15, -0.1) is 0 Å². The van der Waals surface area contributed by atoms with Crippen molar-refractivity contribution in [3.8, 4) is 0 Å². The van der Waals surface area contributed by atoms with Crippen molar-refractivity contribution in [1.82, 2.24) is 0 Å². The zero-order chi connectivity index (χ0) is 12.6. The fourth-order valence-corrected chi connectivity index (χ4v) is 16.8. The summed E-state index contributed by atoms with van der Waals surface area (Å²) in [5.74, 6) is 19.4. The summed E-state index contributed by atoms with van der Waals surface area (Å²) in [6.45, 7) is 2.94. The maximum atomic E-state index is 2.94. The second kappa shape index (κ2) is 1.71. The lowest BCUT2D eigenvalue weighted by Gasteiger charge is -2.55. The molecule has 0 aromatic carbocycles. The van der Waals surface area contributed by atoms with Crippen LogP contribution in [0.15, 0.2) is 0 Å². The van der Waals surface area contributed by atoms with E-state index in [0.717, 1.165) is 16.2 Å². The zero-order valence-corrected chi connectivity index (χ0v) is 12.6. The van der Waals surface area contributed by atoms with E-state index in [0.29, 0.717) is 0 Å². The molecule has 0 N–H and O–H groups in total. The van der Waals surface area contributed by atoms with Gasteiger partial charge in [0.2, 0.25) is 0 Å². The topological polar surface area (TPSA) is 0 Å². The summed E-state index contributed by atoms with van der Waals surface area (Å²) in [6.07, 6.45) is 3.52. The highest BCUT2D eigenvalue weighted by Crippen LogP contribution is 3.13. The fourth-order valence-electron chi connectivity index (χ4n) is 16.8. The second-order valence-corrected chi connectivity index (χ2v) is 12.2. The Bertz CT molecular complexity index is 721. The molecule has 0 amide bonds. The quantitative estimate of drug-likeness (QED) is 0.636. The van der Waals surface area contributed by atoms with E-state index >= 15 is 0 Å². The molecule has 0 aromatic rings. The SMILES string of the molecule is CC12[C@@H]3[C@@H]4[C@@H]5C6[C@@H]7[C@H]4[C@@H]1[C@@H]1[C@H]7[C@@H]4C[C@H]1C21[C@@H]2C[C@@H]([C@H]5[C@H]32)C641. The molecular weight excluding hydrogens is 252 g/mol. The van der Waals surface area contributed by atoms with Crippen LogP contribution in [0.2, 0.25) is 0 Å². The van der Waals surface area contributed by atoms with Gasteiger partial charge in [0.1, 0.15) is 0 Å². The van der Waals surface area contributed by atoms with E-state index in [1.165, 1.54) is 88.8 Å². The lowest BCUT2D eigenvalue weighted by molar-refractivity contribution is -0.0913. The van der Waals surface area contributed by atoms with Crippen LogP contribution in [0.5, 0.6) is 0 Å². The Balaban J connectivity index is 1.58. The minimum Gasteiger partial charge on any atom is -0.0585 e. The van der Waals surface area contributed by atoms with Crippen molar-refractivity contribution < 1.29 is 0 Å². The van der Waals surface area contributed by atoms with Gasteiger partial charge in [0, 0.05) is 0 Å². The molecule has 106 valence electrons. The molecule has 4 unspecified atom stereocenters. The summed E-state index contributed by atoms with van der Waals surface area (Å²) in [5.41, 5.74) is 2.87. The first-order valence-corrected chi connectivity index (χ1v) is 10.3. The van der Waals surface area contributed by atoms with Crippen LogP contribution in [0.25, 0.3) is 0 Å². The van der Waals surface area contributed by atoms with Gasteiger partial charge in [-0.3, -0.25) is 0 Å². The molecule has 4 bridgehead atoms. The van der Waals surface area contributed by atoms with Crippen LogP contribution < -0.4 is 0 Å². The van der Waals surface area contributed by atoms with Crippen molar-refractivity contribution in [1.29, 1.82) is 0 Å². The van der Waals surface area contributed by atoms with Gasteiger partial charge < -0.3 is 0 Å². The number of hydrogen-bond acceptors (Lipinski definition) is 0. The molecule has 12 aliphatic carbocycles. The van der Waals surface area contributed by atoms with Crippen molar-refractivity contribution in [2.24, 2.45) is 105 Å². The van der Waals surface area contributed by atoms with Crippen LogP contribution in [-0.4, -0.2) is 0 Å². The molecule has 21 heavy (non-hydrogen) atoms. The molecular formula is C21H22. The number of hydrogen-bond donors (Lipinski definition) is 0. The zero-order valence-electron chi connectivity index (χ0n) is 12.6. The van der Waals surface area contributed by atoms with E-state index in [1.54, 1.807) is 12.8 Å². The van der Waals surface area contributed by atoms with Gasteiger partial charge in [-0.2, -0.15) is 0 Å². The third kappa shape index (κ3) is 0.350. The van der Waals surface area contributed by atoms with Crippen molar-refractivity contribution in [2.75, 3.05) is 0 Å². The Morgan fingerprint density at radius 2 is 1.10 bits per heavy atom. The van der Waals surface area contributed by atoms with E-state index in [4.69, 9.17) is 0 Å². The predicted molar refractivity (Wildman–Crippen MR) is 74.6 cm³/mol. The van der Waals surface area contributed by atoms with E-state index in [2.05, 4.69) is 6.92 Å². The van der Waals surface area contributed by atoms with Gasteiger partial charge >= 0.3 is 0 Å². The molecule has 0 nitrogen and oxygen atoms in total. The standard InChI is InChI=1S/C21H22/c1-19-16-10-6-2-4-8(10)12-14(16)15-13-9-5-3-7(11(9)17(15)19)21(6,19)20(4,5)18(12)13/h4-18H,2-3H2,1H3/t4-,5-,6+,7+,8-,9+,10+,11-,12+,13-,14+,15+,16-,17-,18?,19?,20?,21?/m0/s1. The first-order valence-electron chi connectivity index (χ1n) is 10.3. The Morgan fingerprint density at radius 1 is 0.571 bits per heavy atom. The Kier molecular flexibility index (Phi) is 0.711. The maximum Gasteiger partial charge on any atom is -0.0111 e. The van der Waals surface area contributed by atoms with E-state index < -0.39 is 0 Å². The summed E-state index contributed by atoms with van der Waals surface area (Å²) in [7, 11) is 0. The van der Waals surface area contributed by atoms with E-state index in [1.807, 2.05) is 0 Å². The average Bonchev–Trinajstić information content (AvgIpc) is 3.11. The first kappa shape index (κ1) is 8.74. The summed E-state index contributed by atoms with van der Waals surface area (Å²) >= 11 is 0. The molecule has 12 fully saturated rings. The van der Waals surface area contributed by atoms with Crippen molar-refractivity contribution >= 4 is 0 Å². The lowest BCUT2D eigenvalue weighted by Crippen LogP contribution is -2.52. The van der Waals surface area contributed by atoms with Gasteiger partial charge in [-0.25, -0.2) is 0 Å². The molecule has 0 aliphatic heterocycles. The first-order chi connectivity index (χ1) is 10.3. The van der Waals surface area contributed by atoms with Gasteiger partial charge in [0.25, 0.3) is 0 Å². The normalized spacial score (nSPS) is 107. The Labute approximate surface area is 125 Å². The molecule has 0 radical (unpaired) electrons. The molecule has 0 heteroatoms. The van der Waals surface area contributed by atoms with Gasteiger partial charge in [0.15, 0.2) is 0 Å². The summed E-state index contributed by atoms with van der Waals surface area (Å²) in [6, 6.07) is 0. The molecule has 12 saturated carbocycles. The third-order valence-corrected chi connectivity index (χ3v) is 14.4. The van der Waals surface area contributed by atoms with Crippen LogP contribution in [0.3, 0.4) is 0 Å². The molecule has 12 rings (SSSR count). The molecule has 0 heterocycles. The molecule has 0 saturated heterocycles. The smallest absolute Gasteiger partial charge is 0.0111 e. The van der Waals surface area contributed by atoms with Crippen molar-refractivity contribution in [3.05, 3.63) is 0 Å². The van der Waals surface area contributed by atoms with Crippen LogP contribution in [-0.2, 0) is 0 Å². The third-order valence-electron chi connectivity index (χ3n) is 14.4. The minimum atomic E-state index is 0.898. The summed E-state index contributed by atoms with van der Waals surface area (Å²) in [5, 5.41) is 0. The number of rotatable bonds is 0. The highest BCUT2D eigenvalue weighted by atomic mass is 15.1. The van der Waals surface area contributed by atoms with Crippen LogP contribution in [0.4, 0.5) is 0 Å². The van der Waals surface area contributed by atoms with E-state index in [9.17, 15) is 0 Å². The molecule has 18 atom stereocenters. The van der Waals surface area contributed by atoms with Crippen LogP contribution in [0.1, 0.15) is 19.8 Å². The Morgan fingerprint density at radius 3 is 1.67 bits per heavy atom. The maximum absolute atomic E-state index is 2.94. The summed E-state index contributed by atoms with van der Waals surface area (Å²) in [4.78, 5) is 0. The van der Waals surface area contributed by atoms with E-state index in [-0.39, 0.29) is 0 Å². The Hall–Kier alpha value is 0. The minimum absolute atomic E-state index is 0.898. The molecule has 0 aromatic heterocycles. The summed E-state index contributed by atoms with van der Waals surface area (Å²) < 4.78 is 0. The monoisotopic (exact) mass is 274 g/mol. The van der Waals surface area contributed by atoms with Gasteiger partial charge in [0.05, 0.1) is 0 Å². The molecule has 12 aliphatic rings. The highest BCUT2D eigenvalue weighted by molar-refractivity contribution is 5.56. The molecule has 2 spiro atoms. The fraction of sp³-hybridized carbons (Fsp3) is 1.00. The average molecular weight is 274 g/mol. The van der Waals surface area contributed by atoms with Crippen LogP contribution in [0, 0.1) is 105 Å². The van der Waals surface area contributed by atoms with Gasteiger partial charge in [-0.05, 0) is 118 Å². The largest absolute Gasteiger partial charge is 0.0585 e. The van der Waals surface area contributed by atoms with Crippen molar-refractivity contribution in [2.45, 2.75) is 19.8 Å². The highest BCUT2D eigenvalue weighted by Gasteiger charge is 3.10. The lowest BCUT2D eigenvalue weighted by atomic mass is 9.49. The van der Waals surface area contributed by atoms with Gasteiger partial charge in [-0.1, -0.05) is 6.92 Å². The van der Waals surface area contributed by atoms with Crippen LogP contribution >= 0.6 is 0 Å². The second-order valence-electron chi connectivity index (χ2n) is 12.2.